The Labute approximate surface area is 112 Å². The molecule has 0 unspecified atom stereocenters. The Balaban J connectivity index is 2.39. The van der Waals surface area contributed by atoms with Crippen LogP contribution in [0.4, 0.5) is 0 Å². The summed E-state index contributed by atoms with van der Waals surface area (Å²) in [5, 5.41) is 8.64. The molecule has 1 aliphatic rings. The molecule has 0 spiro atoms. The SMILES string of the molecule is Cc1ccc(/C=C/C(=O)O)c(=O)n1C1CCCCC1. The van der Waals surface area contributed by atoms with Crippen LogP contribution in [0.3, 0.4) is 0 Å². The zero-order valence-corrected chi connectivity index (χ0v) is 11.1. The van der Waals surface area contributed by atoms with E-state index in [9.17, 15) is 9.59 Å². The second-order valence-corrected chi connectivity index (χ2v) is 5.07. The molecule has 1 saturated carbocycles. The first-order valence-corrected chi connectivity index (χ1v) is 6.73. The number of hydrogen-bond donors (Lipinski definition) is 1. The van der Waals surface area contributed by atoms with Gasteiger partial charge in [-0.1, -0.05) is 19.3 Å². The molecule has 4 heteroatoms. The minimum atomic E-state index is -1.04. The first kappa shape index (κ1) is 13.6. The normalized spacial score (nSPS) is 16.9. The molecule has 0 saturated heterocycles. The molecule has 102 valence electrons. The van der Waals surface area contributed by atoms with Crippen molar-refractivity contribution in [3.05, 3.63) is 39.8 Å². The third-order valence-corrected chi connectivity index (χ3v) is 3.70. The summed E-state index contributed by atoms with van der Waals surface area (Å²) in [6, 6.07) is 3.84. The van der Waals surface area contributed by atoms with Crippen LogP contribution in [-0.2, 0) is 4.79 Å². The molecule has 1 N–H and O–H groups in total. The monoisotopic (exact) mass is 261 g/mol. The van der Waals surface area contributed by atoms with Gasteiger partial charge in [0.15, 0.2) is 0 Å². The molecular formula is C15H19NO3. The Morgan fingerprint density at radius 3 is 2.63 bits per heavy atom. The third kappa shape index (κ3) is 3.13. The molecule has 0 bridgehead atoms. The second kappa shape index (κ2) is 5.87. The van der Waals surface area contributed by atoms with Crippen LogP contribution in [0.1, 0.15) is 49.4 Å². The highest BCUT2D eigenvalue weighted by molar-refractivity contribution is 5.85. The number of rotatable bonds is 3. The van der Waals surface area contributed by atoms with Gasteiger partial charge in [-0.25, -0.2) is 4.79 Å². The topological polar surface area (TPSA) is 59.3 Å². The van der Waals surface area contributed by atoms with Gasteiger partial charge in [0.05, 0.1) is 0 Å². The lowest BCUT2D eigenvalue weighted by Crippen LogP contribution is -2.29. The van der Waals surface area contributed by atoms with E-state index in [2.05, 4.69) is 0 Å². The first-order valence-electron chi connectivity index (χ1n) is 6.73. The van der Waals surface area contributed by atoms with Crippen LogP contribution in [0.5, 0.6) is 0 Å². The lowest BCUT2D eigenvalue weighted by atomic mass is 9.94. The van der Waals surface area contributed by atoms with Gasteiger partial charge in [0.1, 0.15) is 0 Å². The van der Waals surface area contributed by atoms with E-state index in [1.165, 1.54) is 12.5 Å². The lowest BCUT2D eigenvalue weighted by Gasteiger charge is -2.26. The van der Waals surface area contributed by atoms with Crippen molar-refractivity contribution < 1.29 is 9.90 Å². The number of pyridine rings is 1. The maximum Gasteiger partial charge on any atom is 0.328 e. The number of hydrogen-bond acceptors (Lipinski definition) is 2. The lowest BCUT2D eigenvalue weighted by molar-refractivity contribution is -0.131. The van der Waals surface area contributed by atoms with Gasteiger partial charge in [0.25, 0.3) is 5.56 Å². The van der Waals surface area contributed by atoms with E-state index in [0.717, 1.165) is 37.5 Å². The number of carboxylic acids is 1. The molecule has 1 aromatic heterocycles. The van der Waals surface area contributed by atoms with Crippen molar-refractivity contribution in [2.45, 2.75) is 45.1 Å². The number of aliphatic carboxylic acids is 1. The molecule has 0 aliphatic heterocycles. The van der Waals surface area contributed by atoms with Gasteiger partial charge < -0.3 is 9.67 Å². The zero-order valence-electron chi connectivity index (χ0n) is 11.1. The van der Waals surface area contributed by atoms with E-state index in [1.54, 1.807) is 6.07 Å². The van der Waals surface area contributed by atoms with Gasteiger partial charge >= 0.3 is 5.97 Å². The van der Waals surface area contributed by atoms with E-state index in [4.69, 9.17) is 5.11 Å². The molecule has 4 nitrogen and oxygen atoms in total. The molecule has 1 aromatic rings. The number of nitrogens with zero attached hydrogens (tertiary/aromatic N) is 1. The molecule has 19 heavy (non-hydrogen) atoms. The van der Waals surface area contributed by atoms with Gasteiger partial charge in [-0.3, -0.25) is 4.79 Å². The number of carbonyl (C=O) groups is 1. The Hall–Kier alpha value is -1.84. The summed E-state index contributed by atoms with van der Waals surface area (Å²) in [4.78, 5) is 23.0. The van der Waals surface area contributed by atoms with Crippen molar-refractivity contribution in [2.75, 3.05) is 0 Å². The average molecular weight is 261 g/mol. The highest BCUT2D eigenvalue weighted by Gasteiger charge is 2.18. The fraction of sp³-hybridized carbons (Fsp3) is 0.467. The average Bonchev–Trinajstić information content (AvgIpc) is 2.39. The van der Waals surface area contributed by atoms with Crippen molar-refractivity contribution in [2.24, 2.45) is 0 Å². The van der Waals surface area contributed by atoms with E-state index in [1.807, 2.05) is 17.6 Å². The Kier molecular flexibility index (Phi) is 4.20. The highest BCUT2D eigenvalue weighted by atomic mass is 16.4. The molecule has 0 radical (unpaired) electrons. The minimum Gasteiger partial charge on any atom is -0.478 e. The van der Waals surface area contributed by atoms with Gasteiger partial charge in [0, 0.05) is 23.4 Å². The smallest absolute Gasteiger partial charge is 0.328 e. The summed E-state index contributed by atoms with van der Waals surface area (Å²) < 4.78 is 1.83. The maximum absolute atomic E-state index is 12.4. The number of aromatic nitrogens is 1. The summed E-state index contributed by atoms with van der Waals surface area (Å²) in [6.45, 7) is 1.93. The molecule has 1 fully saturated rings. The summed E-state index contributed by atoms with van der Waals surface area (Å²) in [5.41, 5.74) is 1.31. The standard InChI is InChI=1S/C15H19NO3/c1-11-7-8-12(9-10-14(17)18)15(19)16(11)13-5-3-2-4-6-13/h7-10,13H,2-6H2,1H3,(H,17,18)/b10-9+. The van der Waals surface area contributed by atoms with E-state index >= 15 is 0 Å². The second-order valence-electron chi connectivity index (χ2n) is 5.07. The predicted molar refractivity (Wildman–Crippen MR) is 74.2 cm³/mol. The number of carboxylic acid groups (broad SMARTS) is 1. The molecular weight excluding hydrogens is 242 g/mol. The highest BCUT2D eigenvalue weighted by Crippen LogP contribution is 2.27. The van der Waals surface area contributed by atoms with Crippen molar-refractivity contribution in [3.8, 4) is 0 Å². The molecule has 0 atom stereocenters. The van der Waals surface area contributed by atoms with Crippen LogP contribution in [0.25, 0.3) is 6.08 Å². The third-order valence-electron chi connectivity index (χ3n) is 3.70. The molecule has 1 aliphatic carbocycles. The largest absolute Gasteiger partial charge is 0.478 e. The van der Waals surface area contributed by atoms with Gasteiger partial charge in [-0.15, -0.1) is 0 Å². The summed E-state index contributed by atoms with van der Waals surface area (Å²) in [6.07, 6.45) is 8.01. The van der Waals surface area contributed by atoms with E-state index < -0.39 is 5.97 Å². The van der Waals surface area contributed by atoms with E-state index in [0.29, 0.717) is 5.56 Å². The van der Waals surface area contributed by atoms with Crippen molar-refractivity contribution >= 4 is 12.0 Å². The maximum atomic E-state index is 12.4. The minimum absolute atomic E-state index is 0.0793. The van der Waals surface area contributed by atoms with Crippen LogP contribution >= 0.6 is 0 Å². The van der Waals surface area contributed by atoms with Crippen molar-refractivity contribution in [1.29, 1.82) is 0 Å². The molecule has 0 amide bonds. The van der Waals surface area contributed by atoms with E-state index in [-0.39, 0.29) is 11.6 Å². The van der Waals surface area contributed by atoms with Crippen LogP contribution in [0, 0.1) is 6.92 Å². The number of aryl methyl sites for hydroxylation is 1. The Morgan fingerprint density at radius 1 is 1.32 bits per heavy atom. The first-order chi connectivity index (χ1) is 9.09. The van der Waals surface area contributed by atoms with Crippen LogP contribution < -0.4 is 5.56 Å². The summed E-state index contributed by atoms with van der Waals surface area (Å²) in [7, 11) is 0. The molecule has 1 heterocycles. The van der Waals surface area contributed by atoms with Crippen LogP contribution in [0.15, 0.2) is 23.0 Å². The quantitative estimate of drug-likeness (QED) is 0.851. The predicted octanol–water partition coefficient (Wildman–Crippen LogP) is 2.76. The van der Waals surface area contributed by atoms with Gasteiger partial charge in [-0.2, -0.15) is 0 Å². The molecule has 2 rings (SSSR count). The Bertz CT molecular complexity index is 551. The van der Waals surface area contributed by atoms with Crippen molar-refractivity contribution in [1.82, 2.24) is 4.57 Å². The Morgan fingerprint density at radius 2 is 2.00 bits per heavy atom. The zero-order chi connectivity index (χ0) is 13.8. The summed E-state index contributed by atoms with van der Waals surface area (Å²) >= 11 is 0. The van der Waals surface area contributed by atoms with Crippen LogP contribution in [0.2, 0.25) is 0 Å². The summed E-state index contributed by atoms with van der Waals surface area (Å²) in [5.74, 6) is -1.04. The van der Waals surface area contributed by atoms with Crippen molar-refractivity contribution in [3.63, 3.8) is 0 Å². The van der Waals surface area contributed by atoms with Gasteiger partial charge in [0.2, 0.25) is 0 Å². The molecule has 0 aromatic carbocycles. The van der Waals surface area contributed by atoms with Crippen LogP contribution in [-0.4, -0.2) is 15.6 Å². The fourth-order valence-corrected chi connectivity index (χ4v) is 2.74. The fourth-order valence-electron chi connectivity index (χ4n) is 2.74. The van der Waals surface area contributed by atoms with Gasteiger partial charge in [-0.05, 0) is 38.0 Å².